The molecule has 0 aromatic carbocycles. The first-order valence-electron chi connectivity index (χ1n) is 5.30. The van der Waals surface area contributed by atoms with Crippen molar-refractivity contribution < 1.29 is 48.0 Å². The Morgan fingerprint density at radius 2 is 1.52 bits per heavy atom. The Labute approximate surface area is 119 Å². The Bertz CT molecular complexity index is 488. The van der Waals surface area contributed by atoms with E-state index in [1.807, 2.05) is 0 Å². The molecule has 0 aromatic rings. The van der Waals surface area contributed by atoms with Crippen molar-refractivity contribution in [1.29, 1.82) is 0 Å². The Balaban J connectivity index is 4.73. The van der Waals surface area contributed by atoms with Crippen LogP contribution in [0.25, 0.3) is 0 Å². The second kappa shape index (κ2) is 7.19. The summed E-state index contributed by atoms with van der Waals surface area (Å²) < 4.78 is 107. The lowest BCUT2D eigenvalue weighted by Crippen LogP contribution is -2.34. The Hall–Kier alpha value is -0.470. The van der Waals surface area contributed by atoms with Gasteiger partial charge >= 0.3 is 6.18 Å². The van der Waals surface area contributed by atoms with Gasteiger partial charge in [-0.2, -0.15) is 13.2 Å². The van der Waals surface area contributed by atoms with Crippen molar-refractivity contribution in [1.82, 2.24) is 0 Å². The largest absolute Gasteiger partial charge is 0.748 e. The van der Waals surface area contributed by atoms with Crippen LogP contribution in [-0.2, 0) is 29.4 Å². The van der Waals surface area contributed by atoms with Crippen LogP contribution in [0.15, 0.2) is 0 Å². The van der Waals surface area contributed by atoms with Gasteiger partial charge < -0.3 is 13.8 Å². The summed E-state index contributed by atoms with van der Waals surface area (Å²) in [6.07, 6.45) is -5.18. The van der Waals surface area contributed by atoms with E-state index in [4.69, 9.17) is 0 Å². The van der Waals surface area contributed by atoms with E-state index in [-0.39, 0.29) is 0 Å². The van der Waals surface area contributed by atoms with Crippen LogP contribution in [0.2, 0.25) is 0 Å². The standard InChI is InChI=1S/C8H15F3O8S2/c1-7(2-3-20(12,13)14,5-19-21(15,16)17)4-18-6-8(9,10)11/h2-6H2,1H3,(H,12,13,14)(H,15,16,17)/p-2. The predicted octanol–water partition coefficient (Wildman–Crippen LogP) is -0.0163. The maximum atomic E-state index is 11.9. The maximum absolute atomic E-state index is 11.9. The van der Waals surface area contributed by atoms with E-state index in [0.717, 1.165) is 6.92 Å². The molecule has 1 unspecified atom stereocenters. The fourth-order valence-corrected chi connectivity index (χ4v) is 2.36. The van der Waals surface area contributed by atoms with Gasteiger partial charge in [-0.1, -0.05) is 6.92 Å². The number of alkyl halides is 3. The third-order valence-corrected chi connectivity index (χ3v) is 3.33. The molecule has 0 aliphatic carbocycles. The monoisotopic (exact) mass is 358 g/mol. The fraction of sp³-hybridized carbons (Fsp3) is 1.00. The van der Waals surface area contributed by atoms with E-state index in [1.165, 1.54) is 0 Å². The molecule has 0 aliphatic heterocycles. The van der Waals surface area contributed by atoms with Crippen LogP contribution in [-0.4, -0.2) is 57.7 Å². The van der Waals surface area contributed by atoms with Crippen molar-refractivity contribution in [2.24, 2.45) is 5.41 Å². The normalized spacial score (nSPS) is 16.7. The number of hydrogen-bond acceptors (Lipinski definition) is 8. The minimum Gasteiger partial charge on any atom is -0.748 e. The Morgan fingerprint density at radius 1 is 1.00 bits per heavy atom. The van der Waals surface area contributed by atoms with Gasteiger partial charge in [-0.25, -0.2) is 16.8 Å². The quantitative estimate of drug-likeness (QED) is 0.415. The van der Waals surface area contributed by atoms with Crippen LogP contribution >= 0.6 is 0 Å². The SMILES string of the molecule is CC(CCS(=O)(=O)[O-])(COCC(F)(F)F)COS(=O)(=O)[O-]. The average Bonchev–Trinajstić information content (AvgIpc) is 2.20. The van der Waals surface area contributed by atoms with Crippen molar-refractivity contribution in [3.63, 3.8) is 0 Å². The lowest BCUT2D eigenvalue weighted by Gasteiger charge is -2.30. The third kappa shape index (κ3) is 12.9. The van der Waals surface area contributed by atoms with E-state index in [2.05, 4.69) is 8.92 Å². The Morgan fingerprint density at radius 3 is 1.90 bits per heavy atom. The second-order valence-electron chi connectivity index (χ2n) is 4.60. The first kappa shape index (κ1) is 20.5. The Kier molecular flexibility index (Phi) is 7.03. The molecular weight excluding hydrogens is 345 g/mol. The molecule has 21 heavy (non-hydrogen) atoms. The van der Waals surface area contributed by atoms with Crippen LogP contribution in [0.3, 0.4) is 0 Å². The molecule has 0 heterocycles. The van der Waals surface area contributed by atoms with Crippen LogP contribution in [0, 0.1) is 5.41 Å². The molecule has 0 bridgehead atoms. The summed E-state index contributed by atoms with van der Waals surface area (Å²) in [6, 6.07) is 0. The van der Waals surface area contributed by atoms with Crippen LogP contribution in [0.1, 0.15) is 13.3 Å². The first-order chi connectivity index (χ1) is 9.12. The summed E-state index contributed by atoms with van der Waals surface area (Å²) in [5, 5.41) is 0. The van der Waals surface area contributed by atoms with Gasteiger partial charge in [0.15, 0.2) is 0 Å². The smallest absolute Gasteiger partial charge is 0.411 e. The molecule has 0 fully saturated rings. The van der Waals surface area contributed by atoms with Gasteiger partial charge in [-0.3, -0.25) is 4.18 Å². The van der Waals surface area contributed by atoms with Gasteiger partial charge in [0.1, 0.15) is 6.61 Å². The minimum atomic E-state index is -5.12. The zero-order valence-electron chi connectivity index (χ0n) is 10.8. The third-order valence-electron chi connectivity index (χ3n) is 2.22. The molecule has 0 aliphatic rings. The molecule has 13 heteroatoms. The summed E-state index contributed by atoms with van der Waals surface area (Å²) >= 11 is 0. The summed E-state index contributed by atoms with van der Waals surface area (Å²) in [7, 11) is -9.80. The van der Waals surface area contributed by atoms with E-state index in [9.17, 15) is 39.1 Å². The van der Waals surface area contributed by atoms with Crippen molar-refractivity contribution >= 4 is 20.5 Å². The summed E-state index contributed by atoms with van der Waals surface area (Å²) in [5.41, 5.74) is -1.57. The van der Waals surface area contributed by atoms with Crippen molar-refractivity contribution in [3.05, 3.63) is 0 Å². The number of ether oxygens (including phenoxy) is 1. The topological polar surface area (TPSA) is 133 Å². The lowest BCUT2D eigenvalue weighted by molar-refractivity contribution is -0.181. The van der Waals surface area contributed by atoms with Crippen LogP contribution in [0.5, 0.6) is 0 Å². The summed E-state index contributed by atoms with van der Waals surface area (Å²) in [5.74, 6) is -0.971. The molecule has 0 amide bonds. The zero-order chi connectivity index (χ0) is 16.9. The molecule has 0 aromatic heterocycles. The highest BCUT2D eigenvalue weighted by atomic mass is 32.3. The predicted molar refractivity (Wildman–Crippen MR) is 59.8 cm³/mol. The molecule has 0 radical (unpaired) electrons. The van der Waals surface area contributed by atoms with Crippen LogP contribution < -0.4 is 0 Å². The summed E-state index contributed by atoms with van der Waals surface area (Å²) in [4.78, 5) is 0. The van der Waals surface area contributed by atoms with Gasteiger partial charge in [0.05, 0.1) is 23.3 Å². The fourth-order valence-electron chi connectivity index (χ4n) is 1.18. The van der Waals surface area contributed by atoms with Crippen molar-refractivity contribution in [3.8, 4) is 0 Å². The molecule has 0 saturated heterocycles. The molecule has 1 atom stereocenters. The minimum absolute atomic E-state index is 0.536. The number of hydrogen-bond donors (Lipinski definition) is 0. The van der Waals surface area contributed by atoms with E-state index < -0.39 is 64.1 Å². The highest BCUT2D eigenvalue weighted by molar-refractivity contribution is 7.85. The summed E-state index contributed by atoms with van der Waals surface area (Å²) in [6.45, 7) is -2.19. The van der Waals surface area contributed by atoms with Gasteiger partial charge in [0.25, 0.3) is 0 Å². The molecular formula is C8H13F3O8S2-2. The highest BCUT2D eigenvalue weighted by Gasteiger charge is 2.32. The van der Waals surface area contributed by atoms with Gasteiger partial charge in [0.2, 0.25) is 10.4 Å². The van der Waals surface area contributed by atoms with Gasteiger partial charge in [-0.15, -0.1) is 0 Å². The molecule has 0 rings (SSSR count). The second-order valence-corrected chi connectivity index (χ2v) is 7.18. The average molecular weight is 358 g/mol. The lowest BCUT2D eigenvalue weighted by atomic mass is 9.90. The molecule has 0 N–H and O–H groups in total. The maximum Gasteiger partial charge on any atom is 0.411 e. The van der Waals surface area contributed by atoms with Gasteiger partial charge in [-0.05, 0) is 6.42 Å². The molecule has 0 saturated carbocycles. The molecule has 8 nitrogen and oxygen atoms in total. The van der Waals surface area contributed by atoms with E-state index in [1.54, 1.807) is 0 Å². The number of halogens is 3. The van der Waals surface area contributed by atoms with E-state index in [0.29, 0.717) is 0 Å². The number of rotatable bonds is 9. The van der Waals surface area contributed by atoms with Crippen molar-refractivity contribution in [2.75, 3.05) is 25.6 Å². The molecule has 0 spiro atoms. The van der Waals surface area contributed by atoms with E-state index >= 15 is 0 Å². The van der Waals surface area contributed by atoms with Crippen molar-refractivity contribution in [2.45, 2.75) is 19.5 Å². The first-order valence-corrected chi connectivity index (χ1v) is 8.21. The zero-order valence-corrected chi connectivity index (χ0v) is 12.4. The highest BCUT2D eigenvalue weighted by Crippen LogP contribution is 2.25. The molecule has 128 valence electrons. The van der Waals surface area contributed by atoms with Crippen LogP contribution in [0.4, 0.5) is 13.2 Å². The van der Waals surface area contributed by atoms with Gasteiger partial charge in [0, 0.05) is 11.2 Å².